The van der Waals surface area contributed by atoms with E-state index in [4.69, 9.17) is 4.74 Å². The molecule has 2 atom stereocenters. The van der Waals surface area contributed by atoms with Gasteiger partial charge in [-0.25, -0.2) is 9.69 Å². The van der Waals surface area contributed by atoms with Gasteiger partial charge in [0.15, 0.2) is 10.8 Å². The van der Waals surface area contributed by atoms with Gasteiger partial charge in [-0.15, -0.1) is 11.3 Å². The Bertz CT molecular complexity index is 1570. The first-order valence-electron chi connectivity index (χ1n) is 13.4. The molecule has 10 heteroatoms. The lowest BCUT2D eigenvalue weighted by atomic mass is 10.0. The van der Waals surface area contributed by atoms with Gasteiger partial charge >= 0.3 is 6.09 Å². The van der Waals surface area contributed by atoms with E-state index in [0.29, 0.717) is 30.8 Å². The number of likely N-dealkylation sites (tertiary alicyclic amines) is 1. The lowest BCUT2D eigenvalue weighted by molar-refractivity contribution is -0.139. The Balaban J connectivity index is 1.45. The van der Waals surface area contributed by atoms with Crippen molar-refractivity contribution in [2.24, 2.45) is 0 Å². The van der Waals surface area contributed by atoms with Crippen molar-refractivity contribution in [2.45, 2.75) is 51.3 Å². The molecule has 0 saturated carbocycles. The second kappa shape index (κ2) is 11.9. The van der Waals surface area contributed by atoms with E-state index in [0.717, 1.165) is 10.5 Å². The molecular weight excluding hydrogens is 538 g/mol. The molecule has 3 amide bonds. The molecule has 2 aromatic heterocycles. The molecular formula is C31H31N5O4S. The molecule has 5 rings (SSSR count). The highest BCUT2D eigenvalue weighted by Gasteiger charge is 2.41. The van der Waals surface area contributed by atoms with Gasteiger partial charge in [0.1, 0.15) is 17.7 Å². The van der Waals surface area contributed by atoms with Gasteiger partial charge in [0.25, 0.3) is 11.8 Å². The minimum Gasteiger partial charge on any atom is -0.444 e. The number of hydrogen-bond donors (Lipinski definition) is 1. The SMILES string of the molecule is CC(C)(C)OC(=O)N[C@H](C(=O)N1CCC[C@@H]1C(=O)N(C#Cc1ccccc1)c1cn2ccsc2n1)c1ccccc1. The highest BCUT2D eigenvalue weighted by molar-refractivity contribution is 7.15. The minimum atomic E-state index is -1.03. The number of amides is 3. The third-order valence-electron chi connectivity index (χ3n) is 6.48. The molecule has 0 aliphatic carbocycles. The van der Waals surface area contributed by atoms with Crippen LogP contribution in [0.2, 0.25) is 0 Å². The molecule has 1 fully saturated rings. The van der Waals surface area contributed by atoms with Gasteiger partial charge in [-0.3, -0.25) is 14.0 Å². The highest BCUT2D eigenvalue weighted by atomic mass is 32.1. The molecule has 3 heterocycles. The number of ether oxygens (including phenoxy) is 1. The molecule has 1 aliphatic rings. The van der Waals surface area contributed by atoms with Gasteiger partial charge in [0, 0.05) is 29.7 Å². The summed E-state index contributed by atoms with van der Waals surface area (Å²) < 4.78 is 7.28. The first kappa shape index (κ1) is 27.9. The zero-order valence-electron chi connectivity index (χ0n) is 23.1. The van der Waals surface area contributed by atoms with Crippen LogP contribution in [-0.2, 0) is 14.3 Å². The van der Waals surface area contributed by atoms with Crippen LogP contribution < -0.4 is 10.2 Å². The number of nitrogens with one attached hydrogen (secondary N) is 1. The highest BCUT2D eigenvalue weighted by Crippen LogP contribution is 2.27. The molecule has 1 N–H and O–H groups in total. The van der Waals surface area contributed by atoms with Gasteiger partial charge in [-0.05, 0) is 57.2 Å². The van der Waals surface area contributed by atoms with E-state index >= 15 is 0 Å². The van der Waals surface area contributed by atoms with Gasteiger partial charge < -0.3 is 15.0 Å². The summed E-state index contributed by atoms with van der Waals surface area (Å²) >= 11 is 1.45. The van der Waals surface area contributed by atoms with Crippen molar-refractivity contribution in [1.82, 2.24) is 19.6 Å². The molecule has 0 unspecified atom stereocenters. The Hall–Kier alpha value is -4.62. The number of carbonyl (C=O) groups excluding carboxylic acids is 3. The van der Waals surface area contributed by atoms with Crippen LogP contribution in [0, 0.1) is 12.0 Å². The zero-order valence-corrected chi connectivity index (χ0v) is 23.9. The van der Waals surface area contributed by atoms with Crippen molar-refractivity contribution in [3.63, 3.8) is 0 Å². The molecule has 210 valence electrons. The summed E-state index contributed by atoms with van der Waals surface area (Å²) in [6, 6.07) is 19.5. The summed E-state index contributed by atoms with van der Waals surface area (Å²) in [5.41, 5.74) is 0.601. The molecule has 1 saturated heterocycles. The average molecular weight is 570 g/mol. The fourth-order valence-electron chi connectivity index (χ4n) is 4.65. The summed E-state index contributed by atoms with van der Waals surface area (Å²) in [7, 11) is 0. The number of benzene rings is 2. The van der Waals surface area contributed by atoms with Crippen molar-refractivity contribution in [3.8, 4) is 12.0 Å². The maximum Gasteiger partial charge on any atom is 0.408 e. The second-order valence-electron chi connectivity index (χ2n) is 10.6. The Morgan fingerprint density at radius 3 is 2.49 bits per heavy atom. The Morgan fingerprint density at radius 2 is 1.80 bits per heavy atom. The summed E-state index contributed by atoms with van der Waals surface area (Å²) in [4.78, 5) is 49.1. The van der Waals surface area contributed by atoms with E-state index < -0.39 is 23.8 Å². The van der Waals surface area contributed by atoms with Crippen LogP contribution in [0.25, 0.3) is 4.96 Å². The number of imidazole rings is 1. The number of alkyl carbamates (subject to hydrolysis) is 1. The predicted molar refractivity (Wildman–Crippen MR) is 157 cm³/mol. The normalized spacial score (nSPS) is 15.6. The van der Waals surface area contributed by atoms with Crippen LogP contribution >= 0.6 is 11.3 Å². The van der Waals surface area contributed by atoms with Crippen molar-refractivity contribution < 1.29 is 19.1 Å². The first-order valence-corrected chi connectivity index (χ1v) is 14.3. The summed E-state index contributed by atoms with van der Waals surface area (Å²) in [6.07, 6.45) is 4.00. The van der Waals surface area contributed by atoms with E-state index in [2.05, 4.69) is 22.3 Å². The van der Waals surface area contributed by atoms with Crippen LogP contribution in [0.4, 0.5) is 10.6 Å². The molecule has 9 nitrogen and oxygen atoms in total. The smallest absolute Gasteiger partial charge is 0.408 e. The fraction of sp³-hybridized carbons (Fsp3) is 0.290. The number of fused-ring (bicyclic) bond motifs is 1. The number of hydrogen-bond acceptors (Lipinski definition) is 6. The Labute approximate surface area is 242 Å². The number of anilines is 1. The Kier molecular flexibility index (Phi) is 8.08. The van der Waals surface area contributed by atoms with Crippen LogP contribution in [0.5, 0.6) is 0 Å². The van der Waals surface area contributed by atoms with Crippen molar-refractivity contribution in [2.75, 3.05) is 11.4 Å². The topological polar surface area (TPSA) is 96.2 Å². The summed E-state index contributed by atoms with van der Waals surface area (Å²) in [5, 5.41) is 4.64. The van der Waals surface area contributed by atoms with Crippen LogP contribution in [-0.4, -0.2) is 50.4 Å². The van der Waals surface area contributed by atoms with E-state index in [1.807, 2.05) is 52.4 Å². The van der Waals surface area contributed by atoms with Crippen LogP contribution in [0.1, 0.15) is 50.8 Å². The fourth-order valence-corrected chi connectivity index (χ4v) is 5.35. The van der Waals surface area contributed by atoms with Gasteiger partial charge in [0.05, 0.1) is 6.20 Å². The van der Waals surface area contributed by atoms with E-state index in [1.54, 1.807) is 51.2 Å². The van der Waals surface area contributed by atoms with Gasteiger partial charge in [-0.2, -0.15) is 4.98 Å². The van der Waals surface area contributed by atoms with Crippen molar-refractivity contribution >= 4 is 40.0 Å². The summed E-state index contributed by atoms with van der Waals surface area (Å²) in [6.45, 7) is 5.64. The van der Waals surface area contributed by atoms with Crippen LogP contribution in [0.15, 0.2) is 78.4 Å². The molecule has 0 bridgehead atoms. The quantitative estimate of drug-likeness (QED) is 0.270. The van der Waals surface area contributed by atoms with E-state index in [1.165, 1.54) is 21.1 Å². The monoisotopic (exact) mass is 569 g/mol. The maximum absolute atomic E-state index is 14.1. The number of aromatic nitrogens is 2. The van der Waals surface area contributed by atoms with Gasteiger partial charge in [0.2, 0.25) is 0 Å². The van der Waals surface area contributed by atoms with Crippen molar-refractivity contribution in [1.29, 1.82) is 0 Å². The first-order chi connectivity index (χ1) is 19.7. The number of nitrogens with zero attached hydrogens (tertiary/aromatic N) is 4. The predicted octanol–water partition coefficient (Wildman–Crippen LogP) is 5.00. The summed E-state index contributed by atoms with van der Waals surface area (Å²) in [5.74, 6) is 2.70. The Morgan fingerprint density at radius 1 is 1.10 bits per heavy atom. The standard InChI is InChI=1S/C31H31N5O4S/c1-31(2,3)40-30(39)33-26(23-13-8-5-9-14-23)28(38)35-17-10-15-24(35)27(37)36(18-16-22-11-6-4-7-12-22)25-21-34-19-20-41-29(34)32-25/h4-9,11-14,19-21,24,26H,10,15,17H2,1-3H3,(H,33,39)/t24-,26+/m1/s1. The number of carbonyl (C=O) groups is 3. The molecule has 1 aliphatic heterocycles. The zero-order chi connectivity index (χ0) is 29.0. The molecule has 0 spiro atoms. The second-order valence-corrected chi connectivity index (χ2v) is 11.5. The van der Waals surface area contributed by atoms with Crippen molar-refractivity contribution in [3.05, 3.63) is 89.6 Å². The van der Waals surface area contributed by atoms with Gasteiger partial charge in [-0.1, -0.05) is 48.5 Å². The van der Waals surface area contributed by atoms with E-state index in [-0.39, 0.29) is 11.8 Å². The largest absolute Gasteiger partial charge is 0.444 e. The maximum atomic E-state index is 14.1. The third kappa shape index (κ3) is 6.58. The minimum absolute atomic E-state index is 0.353. The van der Waals surface area contributed by atoms with Crippen LogP contribution in [0.3, 0.4) is 0 Å². The number of thiazole rings is 1. The third-order valence-corrected chi connectivity index (χ3v) is 7.25. The average Bonchev–Trinajstić information content (AvgIpc) is 3.69. The molecule has 41 heavy (non-hydrogen) atoms. The van der Waals surface area contributed by atoms with E-state index in [9.17, 15) is 14.4 Å². The lowest BCUT2D eigenvalue weighted by Crippen LogP contribution is -2.51. The number of rotatable bonds is 5. The molecule has 2 aromatic carbocycles. The molecule has 4 aromatic rings. The molecule has 0 radical (unpaired) electrons. The lowest BCUT2D eigenvalue weighted by Gasteiger charge is -2.30.